The quantitative estimate of drug-likeness (QED) is 0.626. The third-order valence-corrected chi connectivity index (χ3v) is 4.09. The molecule has 1 heterocycles. The van der Waals surface area contributed by atoms with Crippen molar-refractivity contribution >= 4 is 47.1 Å². The zero-order chi connectivity index (χ0) is 18.7. The van der Waals surface area contributed by atoms with Gasteiger partial charge in [0.05, 0.1) is 10.0 Å². The van der Waals surface area contributed by atoms with Crippen LogP contribution in [0.2, 0.25) is 10.0 Å². The number of carbonyl (C=O) groups excluding carboxylic acids is 2. The lowest BCUT2D eigenvalue weighted by molar-refractivity contribution is -0.130. The number of esters is 1. The first-order chi connectivity index (χ1) is 12.4. The molecule has 0 saturated carbocycles. The van der Waals surface area contributed by atoms with Crippen LogP contribution in [0.5, 0.6) is 5.75 Å². The molecule has 0 fully saturated rings. The molecule has 2 aromatic rings. The van der Waals surface area contributed by atoms with Crippen molar-refractivity contribution < 1.29 is 19.1 Å². The van der Waals surface area contributed by atoms with Gasteiger partial charge < -0.3 is 15.2 Å². The molecule has 8 heteroatoms. The third kappa shape index (κ3) is 4.22. The first-order valence-corrected chi connectivity index (χ1v) is 8.17. The number of hydrogen-bond acceptors (Lipinski definition) is 5. The molecule has 0 saturated heterocycles. The summed E-state index contributed by atoms with van der Waals surface area (Å²) in [6.45, 7) is -0.204. The molecule has 2 N–H and O–H groups in total. The maximum Gasteiger partial charge on any atom is 0.363 e. The van der Waals surface area contributed by atoms with Gasteiger partial charge in [-0.15, -0.1) is 0 Å². The van der Waals surface area contributed by atoms with E-state index in [0.29, 0.717) is 26.9 Å². The summed E-state index contributed by atoms with van der Waals surface area (Å²) in [5.41, 5.74) is 6.43. The minimum absolute atomic E-state index is 0.150. The largest absolute Gasteiger partial charge is 0.484 e. The average molecular weight is 391 g/mol. The number of cyclic esters (lactones) is 1. The second-order valence-corrected chi connectivity index (χ2v) is 6.10. The molecule has 26 heavy (non-hydrogen) atoms. The summed E-state index contributed by atoms with van der Waals surface area (Å²) < 4.78 is 10.4. The van der Waals surface area contributed by atoms with Gasteiger partial charge in [0.15, 0.2) is 12.3 Å². The van der Waals surface area contributed by atoms with E-state index in [1.165, 1.54) is 0 Å². The Kier molecular flexibility index (Phi) is 5.25. The highest BCUT2D eigenvalue weighted by Crippen LogP contribution is 2.26. The molecule has 0 spiro atoms. The Balaban J connectivity index is 1.79. The van der Waals surface area contributed by atoms with Gasteiger partial charge in [0.25, 0.3) is 5.91 Å². The third-order valence-electron chi connectivity index (χ3n) is 3.35. The second kappa shape index (κ2) is 7.59. The van der Waals surface area contributed by atoms with E-state index in [2.05, 4.69) is 4.99 Å². The van der Waals surface area contributed by atoms with E-state index in [0.717, 1.165) is 0 Å². The highest BCUT2D eigenvalue weighted by atomic mass is 35.5. The number of aliphatic imine (C=N–C) groups is 1. The Hall–Kier alpha value is -2.83. The summed E-state index contributed by atoms with van der Waals surface area (Å²) in [6.07, 6.45) is 1.57. The Morgan fingerprint density at radius 2 is 1.88 bits per heavy atom. The highest BCUT2D eigenvalue weighted by Gasteiger charge is 2.24. The molecule has 0 bridgehead atoms. The molecule has 1 aliphatic heterocycles. The van der Waals surface area contributed by atoms with Gasteiger partial charge in [-0.05, 0) is 42.0 Å². The van der Waals surface area contributed by atoms with Crippen LogP contribution >= 0.6 is 23.2 Å². The zero-order valence-electron chi connectivity index (χ0n) is 13.2. The van der Waals surface area contributed by atoms with Crippen molar-refractivity contribution in [3.05, 3.63) is 69.3 Å². The average Bonchev–Trinajstić information content (AvgIpc) is 2.97. The Morgan fingerprint density at radius 3 is 2.54 bits per heavy atom. The van der Waals surface area contributed by atoms with Crippen LogP contribution in [0.25, 0.3) is 6.08 Å². The Labute approximate surface area is 158 Å². The molecular formula is C18H12Cl2N2O4. The van der Waals surface area contributed by atoms with Gasteiger partial charge in [-0.3, -0.25) is 4.79 Å². The van der Waals surface area contributed by atoms with Gasteiger partial charge in [0.2, 0.25) is 5.90 Å². The van der Waals surface area contributed by atoms with Crippen molar-refractivity contribution in [3.8, 4) is 5.75 Å². The first kappa shape index (κ1) is 18.0. The molecule has 0 aliphatic carbocycles. The molecule has 0 aromatic heterocycles. The van der Waals surface area contributed by atoms with Crippen molar-refractivity contribution in [2.45, 2.75) is 0 Å². The maximum atomic E-state index is 12.0. The van der Waals surface area contributed by atoms with Gasteiger partial charge in [-0.2, -0.15) is 0 Å². The first-order valence-electron chi connectivity index (χ1n) is 7.41. The van der Waals surface area contributed by atoms with E-state index in [4.69, 9.17) is 38.4 Å². The van der Waals surface area contributed by atoms with Crippen molar-refractivity contribution in [1.82, 2.24) is 0 Å². The summed E-state index contributed by atoms with van der Waals surface area (Å²) in [4.78, 5) is 26.9. The van der Waals surface area contributed by atoms with Crippen LogP contribution in [0.15, 0.2) is 53.2 Å². The SMILES string of the molecule is NC(=O)COc1ccc(/C=C2/N=C(c3ccc(Cl)c(Cl)c3)OC2=O)cc1. The second-order valence-electron chi connectivity index (χ2n) is 5.29. The van der Waals surface area contributed by atoms with Crippen molar-refractivity contribution in [3.63, 3.8) is 0 Å². The molecule has 3 rings (SSSR count). The number of amides is 1. The number of nitrogens with two attached hydrogens (primary N) is 1. The van der Waals surface area contributed by atoms with Crippen LogP contribution < -0.4 is 10.5 Å². The topological polar surface area (TPSA) is 91.0 Å². The number of nitrogens with zero attached hydrogens (tertiary/aromatic N) is 1. The lowest BCUT2D eigenvalue weighted by Crippen LogP contribution is -2.19. The zero-order valence-corrected chi connectivity index (χ0v) is 14.8. The van der Waals surface area contributed by atoms with Crippen molar-refractivity contribution in [1.29, 1.82) is 0 Å². The summed E-state index contributed by atoms with van der Waals surface area (Å²) in [6, 6.07) is 11.6. The number of halogens is 2. The number of hydrogen-bond donors (Lipinski definition) is 1. The van der Waals surface area contributed by atoms with Crippen LogP contribution in [0.1, 0.15) is 11.1 Å². The van der Waals surface area contributed by atoms with Crippen LogP contribution in [-0.4, -0.2) is 24.4 Å². The lowest BCUT2D eigenvalue weighted by Gasteiger charge is -2.03. The van der Waals surface area contributed by atoms with E-state index in [-0.39, 0.29) is 18.2 Å². The number of rotatable bonds is 5. The van der Waals surface area contributed by atoms with Crippen molar-refractivity contribution in [2.75, 3.05) is 6.61 Å². The molecule has 0 unspecified atom stereocenters. The number of ether oxygens (including phenoxy) is 2. The van der Waals surface area contributed by atoms with Gasteiger partial charge >= 0.3 is 5.97 Å². The molecule has 1 aliphatic rings. The fourth-order valence-electron chi connectivity index (χ4n) is 2.13. The lowest BCUT2D eigenvalue weighted by atomic mass is 10.2. The Morgan fingerprint density at radius 1 is 1.15 bits per heavy atom. The van der Waals surface area contributed by atoms with E-state index in [9.17, 15) is 9.59 Å². The summed E-state index contributed by atoms with van der Waals surface area (Å²) in [5, 5.41) is 0.738. The van der Waals surface area contributed by atoms with E-state index in [1.807, 2.05) is 0 Å². The Bertz CT molecular complexity index is 937. The number of primary amides is 1. The normalized spacial score (nSPS) is 14.9. The maximum absolute atomic E-state index is 12.0. The molecule has 132 valence electrons. The molecule has 0 atom stereocenters. The van der Waals surface area contributed by atoms with Gasteiger partial charge in [0, 0.05) is 5.56 Å². The van der Waals surface area contributed by atoms with Crippen molar-refractivity contribution in [2.24, 2.45) is 10.7 Å². The minimum atomic E-state index is -0.569. The minimum Gasteiger partial charge on any atom is -0.484 e. The number of benzene rings is 2. The van der Waals surface area contributed by atoms with Gasteiger partial charge in [-0.25, -0.2) is 9.79 Å². The summed E-state index contributed by atoms with van der Waals surface area (Å²) >= 11 is 11.8. The molecule has 2 aromatic carbocycles. The van der Waals surface area contributed by atoms with Crippen LogP contribution in [-0.2, 0) is 14.3 Å². The van der Waals surface area contributed by atoms with Crippen LogP contribution in [0.3, 0.4) is 0 Å². The smallest absolute Gasteiger partial charge is 0.363 e. The van der Waals surface area contributed by atoms with E-state index in [1.54, 1.807) is 48.5 Å². The molecule has 0 radical (unpaired) electrons. The summed E-state index contributed by atoms with van der Waals surface area (Å²) in [7, 11) is 0. The van der Waals surface area contributed by atoms with Crippen LogP contribution in [0.4, 0.5) is 0 Å². The fourth-order valence-corrected chi connectivity index (χ4v) is 2.43. The fraction of sp³-hybridized carbons (Fsp3) is 0.0556. The molecule has 6 nitrogen and oxygen atoms in total. The van der Waals surface area contributed by atoms with Crippen LogP contribution in [0, 0.1) is 0 Å². The van der Waals surface area contributed by atoms with Gasteiger partial charge in [-0.1, -0.05) is 35.3 Å². The molecule has 1 amide bonds. The molecular weight excluding hydrogens is 379 g/mol. The van der Waals surface area contributed by atoms with Gasteiger partial charge in [0.1, 0.15) is 5.75 Å². The van der Waals surface area contributed by atoms with E-state index < -0.39 is 11.9 Å². The predicted octanol–water partition coefficient (Wildman–Crippen LogP) is 3.20. The monoisotopic (exact) mass is 390 g/mol. The van der Waals surface area contributed by atoms with E-state index >= 15 is 0 Å². The predicted molar refractivity (Wildman–Crippen MR) is 98.2 cm³/mol. The highest BCUT2D eigenvalue weighted by molar-refractivity contribution is 6.42. The summed E-state index contributed by atoms with van der Waals surface area (Å²) in [5.74, 6) is -0.490. The standard InChI is InChI=1S/C18H12Cl2N2O4/c19-13-6-3-11(8-14(13)20)17-22-15(18(24)26-17)7-10-1-4-12(5-2-10)25-9-16(21)23/h1-8H,9H2,(H2,21,23)/b15-7+. The number of carbonyl (C=O) groups is 2.